The van der Waals surface area contributed by atoms with Gasteiger partial charge in [-0.2, -0.15) is 0 Å². The molecule has 1 aliphatic rings. The second-order valence-electron chi connectivity index (χ2n) is 6.62. The summed E-state index contributed by atoms with van der Waals surface area (Å²) in [6.07, 6.45) is 4.68. The number of nitrogens with zero attached hydrogens (tertiary/aromatic N) is 4. The summed E-state index contributed by atoms with van der Waals surface area (Å²) < 4.78 is 19.8. The summed E-state index contributed by atoms with van der Waals surface area (Å²) in [5.74, 6) is 0.249. The van der Waals surface area contributed by atoms with Gasteiger partial charge in [0.15, 0.2) is 0 Å². The van der Waals surface area contributed by atoms with Gasteiger partial charge >= 0.3 is 0 Å². The summed E-state index contributed by atoms with van der Waals surface area (Å²) >= 11 is 0. The highest BCUT2D eigenvalue weighted by molar-refractivity contribution is 5.77. The van der Waals surface area contributed by atoms with Crippen molar-refractivity contribution < 1.29 is 13.9 Å². The molecular formula is C19H23FN4O2. The molecule has 0 spiro atoms. The van der Waals surface area contributed by atoms with Crippen molar-refractivity contribution in [1.82, 2.24) is 19.8 Å². The molecule has 1 aromatic heterocycles. The van der Waals surface area contributed by atoms with Crippen molar-refractivity contribution >= 4 is 5.91 Å². The van der Waals surface area contributed by atoms with Gasteiger partial charge in [-0.3, -0.25) is 9.69 Å². The first-order valence-corrected chi connectivity index (χ1v) is 8.68. The lowest BCUT2D eigenvalue weighted by atomic mass is 10.1. The molecule has 0 atom stereocenters. The third kappa shape index (κ3) is 4.54. The average Bonchev–Trinajstić information content (AvgIpc) is 2.64. The van der Waals surface area contributed by atoms with E-state index in [1.807, 2.05) is 0 Å². The van der Waals surface area contributed by atoms with E-state index in [-0.39, 0.29) is 17.8 Å². The van der Waals surface area contributed by atoms with Crippen LogP contribution in [-0.2, 0) is 4.79 Å². The molecule has 1 aromatic carbocycles. The van der Waals surface area contributed by atoms with Crippen LogP contribution in [0.5, 0.6) is 5.75 Å². The van der Waals surface area contributed by atoms with E-state index >= 15 is 0 Å². The fourth-order valence-electron chi connectivity index (χ4n) is 2.95. The molecule has 7 heteroatoms. The minimum absolute atomic E-state index is 0.0110. The fourth-order valence-corrected chi connectivity index (χ4v) is 2.95. The molecule has 1 amide bonds. The summed E-state index contributed by atoms with van der Waals surface area (Å²) in [6, 6.07) is 6.26. The smallest absolute Gasteiger partial charge is 0.236 e. The number of carbonyl (C=O) groups excluding carboxylic acids is 1. The molecule has 26 heavy (non-hydrogen) atoms. The van der Waals surface area contributed by atoms with Crippen LogP contribution in [0.1, 0.15) is 12.8 Å². The molecule has 0 bridgehead atoms. The second kappa shape index (κ2) is 8.23. The summed E-state index contributed by atoms with van der Waals surface area (Å²) in [7, 11) is 3.52. The summed E-state index contributed by atoms with van der Waals surface area (Å²) in [5.41, 5.74) is 1.45. The molecular weight excluding hydrogens is 335 g/mol. The Kier molecular flexibility index (Phi) is 5.78. The number of benzene rings is 1. The molecule has 2 heterocycles. The molecule has 138 valence electrons. The molecule has 1 saturated heterocycles. The number of amides is 1. The molecule has 1 fully saturated rings. The maximum Gasteiger partial charge on any atom is 0.236 e. The molecule has 2 aromatic rings. The maximum absolute atomic E-state index is 13.7. The van der Waals surface area contributed by atoms with Gasteiger partial charge in [-0.05, 0) is 31.0 Å². The molecule has 0 unspecified atom stereocenters. The Morgan fingerprint density at radius 3 is 2.73 bits per heavy atom. The number of aromatic nitrogens is 2. The molecule has 1 aliphatic heterocycles. The number of hydrogen-bond acceptors (Lipinski definition) is 5. The van der Waals surface area contributed by atoms with Gasteiger partial charge in [0.25, 0.3) is 0 Å². The lowest BCUT2D eigenvalue weighted by Gasteiger charge is -2.32. The Balaban J connectivity index is 1.65. The van der Waals surface area contributed by atoms with Gasteiger partial charge in [-0.1, -0.05) is 0 Å². The van der Waals surface area contributed by atoms with Crippen molar-refractivity contribution in [1.29, 1.82) is 0 Å². The van der Waals surface area contributed by atoms with Crippen LogP contribution in [0.25, 0.3) is 11.3 Å². The van der Waals surface area contributed by atoms with E-state index in [4.69, 9.17) is 4.74 Å². The van der Waals surface area contributed by atoms with Gasteiger partial charge in [0.05, 0.1) is 12.2 Å². The average molecular weight is 358 g/mol. The number of ether oxygens (including phenoxy) is 1. The number of likely N-dealkylation sites (tertiary alicyclic amines) is 1. The Bertz CT molecular complexity index is 746. The third-order valence-electron chi connectivity index (χ3n) is 4.49. The summed E-state index contributed by atoms with van der Waals surface area (Å²) in [5, 5.41) is 0. The van der Waals surface area contributed by atoms with Gasteiger partial charge < -0.3 is 9.64 Å². The van der Waals surface area contributed by atoms with E-state index in [2.05, 4.69) is 14.9 Å². The van der Waals surface area contributed by atoms with E-state index in [0.717, 1.165) is 31.5 Å². The van der Waals surface area contributed by atoms with Crippen LogP contribution in [-0.4, -0.2) is 65.5 Å². The van der Waals surface area contributed by atoms with E-state index in [0.29, 0.717) is 18.0 Å². The Morgan fingerprint density at radius 2 is 2.08 bits per heavy atom. The quantitative estimate of drug-likeness (QED) is 0.820. The fraction of sp³-hybridized carbons (Fsp3) is 0.421. The lowest BCUT2D eigenvalue weighted by molar-refractivity contribution is -0.130. The van der Waals surface area contributed by atoms with E-state index in [1.54, 1.807) is 37.3 Å². The SMILES string of the molecule is CN(C)C(=O)CN1CCC(Oc2cc(F)ccc2-c2ccncn2)CC1. The minimum Gasteiger partial charge on any atom is -0.490 e. The zero-order chi connectivity index (χ0) is 18.5. The predicted molar refractivity (Wildman–Crippen MR) is 96.2 cm³/mol. The highest BCUT2D eigenvalue weighted by Crippen LogP contribution is 2.31. The van der Waals surface area contributed by atoms with Crippen molar-refractivity contribution in [3.63, 3.8) is 0 Å². The Labute approximate surface area is 152 Å². The first-order valence-electron chi connectivity index (χ1n) is 8.68. The maximum atomic E-state index is 13.7. The Morgan fingerprint density at radius 1 is 1.31 bits per heavy atom. The van der Waals surface area contributed by atoms with Crippen molar-refractivity contribution in [3.05, 3.63) is 42.6 Å². The number of hydrogen-bond donors (Lipinski definition) is 0. The third-order valence-corrected chi connectivity index (χ3v) is 4.49. The normalized spacial score (nSPS) is 15.7. The van der Waals surface area contributed by atoms with Crippen LogP contribution >= 0.6 is 0 Å². The number of likely N-dealkylation sites (N-methyl/N-ethyl adjacent to an activating group) is 1. The first kappa shape index (κ1) is 18.3. The predicted octanol–water partition coefficient (Wildman–Crippen LogP) is 2.21. The van der Waals surface area contributed by atoms with Gasteiger partial charge in [-0.25, -0.2) is 14.4 Å². The molecule has 0 radical (unpaired) electrons. The van der Waals surface area contributed by atoms with Gasteiger partial charge in [0, 0.05) is 45.0 Å². The van der Waals surface area contributed by atoms with Crippen LogP contribution in [0.2, 0.25) is 0 Å². The lowest BCUT2D eigenvalue weighted by Crippen LogP contribution is -2.43. The van der Waals surface area contributed by atoms with Crippen LogP contribution in [0, 0.1) is 5.82 Å². The zero-order valence-electron chi connectivity index (χ0n) is 15.1. The summed E-state index contributed by atoms with van der Waals surface area (Å²) in [4.78, 5) is 23.7. The highest BCUT2D eigenvalue weighted by Gasteiger charge is 2.23. The largest absolute Gasteiger partial charge is 0.490 e. The van der Waals surface area contributed by atoms with E-state index in [1.165, 1.54) is 18.5 Å². The minimum atomic E-state index is -0.341. The van der Waals surface area contributed by atoms with Gasteiger partial charge in [0.2, 0.25) is 5.91 Å². The number of rotatable bonds is 5. The van der Waals surface area contributed by atoms with Crippen molar-refractivity contribution in [2.24, 2.45) is 0 Å². The van der Waals surface area contributed by atoms with E-state index in [9.17, 15) is 9.18 Å². The zero-order valence-corrected chi connectivity index (χ0v) is 15.1. The Hall–Kier alpha value is -2.54. The number of piperidine rings is 1. The van der Waals surface area contributed by atoms with Crippen molar-refractivity contribution in [2.75, 3.05) is 33.7 Å². The highest BCUT2D eigenvalue weighted by atomic mass is 19.1. The monoisotopic (exact) mass is 358 g/mol. The van der Waals surface area contributed by atoms with Crippen LogP contribution < -0.4 is 4.74 Å². The standard InChI is InChI=1S/C19H23FN4O2/c1-23(2)19(25)12-24-9-6-15(7-10-24)26-18-11-14(20)3-4-16(18)17-5-8-21-13-22-17/h3-5,8,11,13,15H,6-7,9-10,12H2,1-2H3. The molecule has 0 N–H and O–H groups in total. The van der Waals surface area contributed by atoms with Crippen molar-refractivity contribution in [2.45, 2.75) is 18.9 Å². The van der Waals surface area contributed by atoms with Crippen LogP contribution in [0.15, 0.2) is 36.8 Å². The number of halogens is 1. The van der Waals surface area contributed by atoms with Gasteiger partial charge in [0.1, 0.15) is 24.0 Å². The summed E-state index contributed by atoms with van der Waals surface area (Å²) in [6.45, 7) is 1.98. The van der Waals surface area contributed by atoms with E-state index < -0.39 is 0 Å². The van der Waals surface area contributed by atoms with Gasteiger partial charge in [-0.15, -0.1) is 0 Å². The second-order valence-corrected chi connectivity index (χ2v) is 6.62. The van der Waals surface area contributed by atoms with Crippen LogP contribution in [0.4, 0.5) is 4.39 Å². The topological polar surface area (TPSA) is 58.6 Å². The molecule has 6 nitrogen and oxygen atoms in total. The molecule has 3 rings (SSSR count). The molecule has 0 aliphatic carbocycles. The van der Waals surface area contributed by atoms with Crippen molar-refractivity contribution in [3.8, 4) is 17.0 Å². The van der Waals surface area contributed by atoms with Crippen LogP contribution in [0.3, 0.4) is 0 Å². The number of carbonyl (C=O) groups is 1. The molecule has 0 saturated carbocycles. The first-order chi connectivity index (χ1) is 12.5.